The molecule has 2 aromatic carbocycles. The molecule has 0 saturated carbocycles. The lowest BCUT2D eigenvalue weighted by Gasteiger charge is -2.33. The summed E-state index contributed by atoms with van der Waals surface area (Å²) >= 11 is 5.93. The molecule has 1 amide bonds. The summed E-state index contributed by atoms with van der Waals surface area (Å²) in [6, 6.07) is 13.3. The number of hydrogen-bond acceptors (Lipinski definition) is 2. The largest absolute Gasteiger partial charge is 0.370 e. The molecule has 0 spiro atoms. The van der Waals surface area contributed by atoms with Crippen LogP contribution < -0.4 is 0 Å². The van der Waals surface area contributed by atoms with Crippen LogP contribution in [0.3, 0.4) is 0 Å². The normalized spacial score (nSPS) is 18.3. The van der Waals surface area contributed by atoms with Crippen LogP contribution in [-0.4, -0.2) is 30.5 Å². The van der Waals surface area contributed by atoms with E-state index in [1.54, 1.807) is 47.4 Å². The molecule has 1 atom stereocenters. The zero-order valence-corrected chi connectivity index (χ0v) is 12.6. The van der Waals surface area contributed by atoms with Gasteiger partial charge in [0, 0.05) is 22.7 Å². The monoisotopic (exact) mass is 319 g/mol. The lowest BCUT2D eigenvalue weighted by Crippen LogP contribution is -2.42. The average molecular weight is 320 g/mol. The molecular weight excluding hydrogens is 305 g/mol. The van der Waals surface area contributed by atoms with Gasteiger partial charge in [0.2, 0.25) is 0 Å². The number of rotatable bonds is 2. The van der Waals surface area contributed by atoms with Crippen molar-refractivity contribution in [2.75, 3.05) is 19.7 Å². The van der Waals surface area contributed by atoms with Crippen molar-refractivity contribution in [3.8, 4) is 0 Å². The minimum Gasteiger partial charge on any atom is -0.370 e. The van der Waals surface area contributed by atoms with E-state index in [4.69, 9.17) is 16.3 Å². The number of halogens is 2. The number of nitrogens with zero attached hydrogens (tertiary/aromatic N) is 1. The van der Waals surface area contributed by atoms with Crippen LogP contribution in [0, 0.1) is 5.82 Å². The van der Waals surface area contributed by atoms with Gasteiger partial charge in [-0.1, -0.05) is 35.9 Å². The Hall–Kier alpha value is -1.91. The molecule has 0 N–H and O–H groups in total. The number of amides is 1. The molecule has 5 heteroatoms. The SMILES string of the molecule is O=C(c1cccc(Cl)c1)N1CCOC(c2ccccc2F)C1. The number of carbonyl (C=O) groups excluding carboxylic acids is 1. The fourth-order valence-electron chi connectivity index (χ4n) is 2.56. The highest BCUT2D eigenvalue weighted by molar-refractivity contribution is 6.30. The van der Waals surface area contributed by atoms with Gasteiger partial charge in [0.05, 0.1) is 13.2 Å². The van der Waals surface area contributed by atoms with Crippen LogP contribution in [0.1, 0.15) is 22.0 Å². The van der Waals surface area contributed by atoms with Crippen molar-refractivity contribution < 1.29 is 13.9 Å². The van der Waals surface area contributed by atoms with Crippen molar-refractivity contribution in [2.24, 2.45) is 0 Å². The first-order chi connectivity index (χ1) is 10.6. The minimum atomic E-state index is -0.446. The predicted molar refractivity (Wildman–Crippen MR) is 82.4 cm³/mol. The van der Waals surface area contributed by atoms with Gasteiger partial charge in [0.15, 0.2) is 0 Å². The van der Waals surface area contributed by atoms with Gasteiger partial charge in [-0.3, -0.25) is 4.79 Å². The average Bonchev–Trinajstić information content (AvgIpc) is 2.55. The third-order valence-electron chi connectivity index (χ3n) is 3.68. The van der Waals surface area contributed by atoms with E-state index in [0.29, 0.717) is 35.8 Å². The third kappa shape index (κ3) is 3.13. The van der Waals surface area contributed by atoms with Crippen molar-refractivity contribution in [1.82, 2.24) is 4.90 Å². The Kier molecular flexibility index (Phi) is 4.41. The maximum Gasteiger partial charge on any atom is 0.254 e. The summed E-state index contributed by atoms with van der Waals surface area (Å²) in [7, 11) is 0. The smallest absolute Gasteiger partial charge is 0.254 e. The fourth-order valence-corrected chi connectivity index (χ4v) is 2.75. The second kappa shape index (κ2) is 6.46. The van der Waals surface area contributed by atoms with Crippen LogP contribution in [0.15, 0.2) is 48.5 Å². The van der Waals surface area contributed by atoms with E-state index in [1.165, 1.54) is 6.07 Å². The van der Waals surface area contributed by atoms with E-state index in [-0.39, 0.29) is 11.7 Å². The third-order valence-corrected chi connectivity index (χ3v) is 3.91. The van der Waals surface area contributed by atoms with E-state index >= 15 is 0 Å². The van der Waals surface area contributed by atoms with Gasteiger partial charge in [-0.05, 0) is 24.3 Å². The second-order valence-electron chi connectivity index (χ2n) is 5.14. The fraction of sp³-hybridized carbons (Fsp3) is 0.235. The number of benzene rings is 2. The van der Waals surface area contributed by atoms with Crippen LogP contribution in [0.5, 0.6) is 0 Å². The number of morpholine rings is 1. The van der Waals surface area contributed by atoms with Crippen molar-refractivity contribution in [3.63, 3.8) is 0 Å². The molecule has 0 bridgehead atoms. The van der Waals surface area contributed by atoms with Gasteiger partial charge in [0.25, 0.3) is 5.91 Å². The van der Waals surface area contributed by atoms with Gasteiger partial charge < -0.3 is 9.64 Å². The van der Waals surface area contributed by atoms with E-state index in [1.807, 2.05) is 0 Å². The highest BCUT2D eigenvalue weighted by atomic mass is 35.5. The Bertz CT molecular complexity index is 692. The van der Waals surface area contributed by atoms with Crippen molar-refractivity contribution >= 4 is 17.5 Å². The van der Waals surface area contributed by atoms with Crippen molar-refractivity contribution in [2.45, 2.75) is 6.10 Å². The molecule has 1 heterocycles. The first-order valence-corrected chi connectivity index (χ1v) is 7.44. The van der Waals surface area contributed by atoms with Gasteiger partial charge in [-0.15, -0.1) is 0 Å². The van der Waals surface area contributed by atoms with Gasteiger partial charge in [-0.25, -0.2) is 4.39 Å². The predicted octanol–water partition coefficient (Wildman–Crippen LogP) is 3.69. The summed E-state index contributed by atoms with van der Waals surface area (Å²) in [4.78, 5) is 14.2. The zero-order valence-electron chi connectivity index (χ0n) is 11.8. The molecule has 1 unspecified atom stereocenters. The zero-order chi connectivity index (χ0) is 15.5. The van der Waals surface area contributed by atoms with Crippen LogP contribution in [0.2, 0.25) is 5.02 Å². The molecule has 2 aromatic rings. The summed E-state index contributed by atoms with van der Waals surface area (Å²) in [6.45, 7) is 1.19. The topological polar surface area (TPSA) is 29.5 Å². The van der Waals surface area contributed by atoms with Crippen LogP contribution in [0.25, 0.3) is 0 Å². The Labute approximate surface area is 133 Å². The molecule has 3 rings (SSSR count). The summed E-state index contributed by atoms with van der Waals surface area (Å²) in [6.07, 6.45) is -0.446. The van der Waals surface area contributed by atoms with E-state index in [9.17, 15) is 9.18 Å². The molecule has 1 saturated heterocycles. The van der Waals surface area contributed by atoms with Crippen LogP contribution in [-0.2, 0) is 4.74 Å². The maximum absolute atomic E-state index is 13.9. The molecule has 1 fully saturated rings. The van der Waals surface area contributed by atoms with E-state index in [2.05, 4.69) is 0 Å². The second-order valence-corrected chi connectivity index (χ2v) is 5.58. The van der Waals surface area contributed by atoms with Crippen LogP contribution >= 0.6 is 11.6 Å². The summed E-state index contributed by atoms with van der Waals surface area (Å²) in [5.41, 5.74) is 1.01. The van der Waals surface area contributed by atoms with Crippen molar-refractivity contribution in [3.05, 3.63) is 70.5 Å². The molecule has 22 heavy (non-hydrogen) atoms. The Morgan fingerprint density at radius 1 is 1.23 bits per heavy atom. The summed E-state index contributed by atoms with van der Waals surface area (Å²) in [5, 5.41) is 0.518. The molecule has 0 aromatic heterocycles. The molecule has 0 radical (unpaired) electrons. The summed E-state index contributed by atoms with van der Waals surface area (Å²) in [5.74, 6) is -0.434. The lowest BCUT2D eigenvalue weighted by molar-refractivity contribution is -0.0243. The first-order valence-electron chi connectivity index (χ1n) is 7.06. The molecule has 1 aliphatic heterocycles. The molecule has 0 aliphatic carbocycles. The van der Waals surface area contributed by atoms with Crippen molar-refractivity contribution in [1.29, 1.82) is 0 Å². The lowest BCUT2D eigenvalue weighted by atomic mass is 10.1. The molecule has 114 valence electrons. The standard InChI is InChI=1S/C17H15ClFNO2/c18-13-5-3-4-12(10-13)17(21)20-8-9-22-16(11-20)14-6-1-2-7-15(14)19/h1-7,10,16H,8-9,11H2. The molecule has 1 aliphatic rings. The Morgan fingerprint density at radius 2 is 2.05 bits per heavy atom. The summed E-state index contributed by atoms with van der Waals surface area (Å²) < 4.78 is 19.5. The minimum absolute atomic E-state index is 0.118. The number of hydrogen-bond donors (Lipinski definition) is 0. The van der Waals surface area contributed by atoms with Gasteiger partial charge >= 0.3 is 0 Å². The first kappa shape index (κ1) is 15.0. The Morgan fingerprint density at radius 3 is 2.82 bits per heavy atom. The molecular formula is C17H15ClFNO2. The van der Waals surface area contributed by atoms with E-state index < -0.39 is 6.10 Å². The highest BCUT2D eigenvalue weighted by Gasteiger charge is 2.27. The van der Waals surface area contributed by atoms with Gasteiger partial charge in [-0.2, -0.15) is 0 Å². The number of ether oxygens (including phenoxy) is 1. The highest BCUT2D eigenvalue weighted by Crippen LogP contribution is 2.25. The maximum atomic E-state index is 13.9. The number of carbonyl (C=O) groups is 1. The van der Waals surface area contributed by atoms with Gasteiger partial charge in [0.1, 0.15) is 11.9 Å². The Balaban J connectivity index is 1.78. The quantitative estimate of drug-likeness (QED) is 0.845. The molecule has 3 nitrogen and oxygen atoms in total. The van der Waals surface area contributed by atoms with E-state index in [0.717, 1.165) is 0 Å². The van der Waals surface area contributed by atoms with Crippen LogP contribution in [0.4, 0.5) is 4.39 Å².